The van der Waals surface area contributed by atoms with Crippen LogP contribution in [0.3, 0.4) is 0 Å². The van der Waals surface area contributed by atoms with E-state index < -0.39 is 0 Å². The average Bonchev–Trinajstić information content (AvgIpc) is 2.84. The number of hydrogen-bond donors (Lipinski definition) is 4. The predicted molar refractivity (Wildman–Crippen MR) is 130 cm³/mol. The minimum Gasteiger partial charge on any atom is -0.508 e. The first kappa shape index (κ1) is 22.5. The Bertz CT molecular complexity index is 1320. The lowest BCUT2D eigenvalue weighted by molar-refractivity contribution is 0.0951. The molecule has 4 rings (SSSR count). The lowest BCUT2D eigenvalue weighted by atomic mass is 10.1. The Morgan fingerprint density at radius 2 is 1.74 bits per heavy atom. The first-order valence-corrected chi connectivity index (χ1v) is 10.5. The van der Waals surface area contributed by atoms with Gasteiger partial charge in [-0.2, -0.15) is 0 Å². The molecule has 1 amide bonds. The quantitative estimate of drug-likeness (QED) is 0.346. The number of carbonyl (C=O) groups excluding carboxylic acids is 1. The number of nitrogen functional groups attached to an aromatic ring is 1. The van der Waals surface area contributed by atoms with Crippen molar-refractivity contribution in [2.24, 2.45) is 0 Å². The van der Waals surface area contributed by atoms with E-state index in [0.717, 1.165) is 17.1 Å². The highest BCUT2D eigenvalue weighted by molar-refractivity contribution is 5.98. The van der Waals surface area contributed by atoms with Crippen molar-refractivity contribution in [3.63, 3.8) is 0 Å². The number of carbonyl (C=O) groups is 1. The maximum atomic E-state index is 12.6. The number of pyridine rings is 1. The van der Waals surface area contributed by atoms with Gasteiger partial charge in [0, 0.05) is 30.2 Å². The Hall–Kier alpha value is -4.66. The topological polar surface area (TPSA) is 137 Å². The molecule has 0 radical (unpaired) electrons. The molecule has 0 aliphatic carbocycles. The van der Waals surface area contributed by atoms with Crippen molar-refractivity contribution < 1.29 is 15.0 Å². The molecule has 172 valence electrons. The molecule has 2 aromatic carbocycles. The Labute approximate surface area is 196 Å². The smallest absolute Gasteiger partial charge is 0.255 e. The molecule has 2 aromatic heterocycles. The summed E-state index contributed by atoms with van der Waals surface area (Å²) in [5.41, 5.74) is 10.3. The molecule has 0 fully saturated rings. The van der Waals surface area contributed by atoms with Crippen LogP contribution in [0.5, 0.6) is 11.5 Å². The summed E-state index contributed by atoms with van der Waals surface area (Å²) in [5.74, 6) is -0.130. The number of nitrogens with zero attached hydrogens (tertiary/aromatic N) is 4. The van der Waals surface area contributed by atoms with E-state index in [1.165, 1.54) is 0 Å². The summed E-state index contributed by atoms with van der Waals surface area (Å²) in [6, 6.07) is 15.1. The van der Waals surface area contributed by atoms with Gasteiger partial charge in [0.1, 0.15) is 17.3 Å². The third-order valence-electron chi connectivity index (χ3n) is 5.31. The van der Waals surface area contributed by atoms with Gasteiger partial charge in [0.2, 0.25) is 0 Å². The molecule has 0 atom stereocenters. The van der Waals surface area contributed by atoms with Crippen molar-refractivity contribution in [2.75, 3.05) is 17.7 Å². The number of nitrogens with two attached hydrogens (primary N) is 1. The van der Waals surface area contributed by atoms with Crippen molar-refractivity contribution in [3.05, 3.63) is 83.9 Å². The lowest BCUT2D eigenvalue weighted by Crippen LogP contribution is -2.24. The van der Waals surface area contributed by atoms with E-state index in [2.05, 4.69) is 20.3 Å². The number of phenols is 2. The first-order valence-electron chi connectivity index (χ1n) is 10.5. The number of phenolic OH excluding ortho intramolecular Hbond substituents is 2. The molecule has 9 heteroatoms. The van der Waals surface area contributed by atoms with Crippen LogP contribution in [-0.4, -0.2) is 38.1 Å². The molecule has 0 bridgehead atoms. The Balaban J connectivity index is 1.54. The summed E-state index contributed by atoms with van der Waals surface area (Å²) in [4.78, 5) is 27.2. The Morgan fingerprint density at radius 3 is 2.41 bits per heavy atom. The summed E-state index contributed by atoms with van der Waals surface area (Å²) >= 11 is 0. The molecular weight excluding hydrogens is 432 g/mol. The monoisotopic (exact) mass is 456 g/mol. The zero-order valence-corrected chi connectivity index (χ0v) is 18.7. The maximum absolute atomic E-state index is 12.6. The van der Waals surface area contributed by atoms with Crippen LogP contribution in [0, 0.1) is 6.92 Å². The molecule has 0 saturated carbocycles. The van der Waals surface area contributed by atoms with Gasteiger partial charge in [0.05, 0.1) is 35.4 Å². The second-order valence-electron chi connectivity index (χ2n) is 7.74. The molecule has 9 nitrogen and oxygen atoms in total. The number of nitrogens with one attached hydrogen (secondary N) is 1. The number of benzene rings is 2. The molecular formula is C25H24N6O3. The number of amides is 1. The number of aryl methyl sites for hydroxylation is 1. The van der Waals surface area contributed by atoms with Gasteiger partial charge in [-0.15, -0.1) is 0 Å². The van der Waals surface area contributed by atoms with Gasteiger partial charge >= 0.3 is 0 Å². The molecule has 0 aliphatic rings. The minimum absolute atomic E-state index is 0.0323. The zero-order valence-electron chi connectivity index (χ0n) is 18.7. The summed E-state index contributed by atoms with van der Waals surface area (Å²) in [7, 11) is 1.87. The molecule has 5 N–H and O–H groups in total. The van der Waals surface area contributed by atoms with Crippen molar-refractivity contribution in [2.45, 2.75) is 13.5 Å². The second kappa shape index (κ2) is 9.45. The largest absolute Gasteiger partial charge is 0.508 e. The highest BCUT2D eigenvalue weighted by Crippen LogP contribution is 2.35. The third kappa shape index (κ3) is 4.88. The summed E-state index contributed by atoms with van der Waals surface area (Å²) < 4.78 is 0. The van der Waals surface area contributed by atoms with Crippen LogP contribution in [0.25, 0.3) is 11.3 Å². The van der Waals surface area contributed by atoms with E-state index in [4.69, 9.17) is 5.73 Å². The molecule has 0 unspecified atom stereocenters. The van der Waals surface area contributed by atoms with Gasteiger partial charge in [-0.05, 0) is 61.5 Å². The molecule has 4 aromatic rings. The Kier molecular flexibility index (Phi) is 6.26. The molecule has 0 saturated heterocycles. The highest BCUT2D eigenvalue weighted by Gasteiger charge is 2.15. The molecule has 2 heterocycles. The van der Waals surface area contributed by atoms with Gasteiger partial charge in [-0.1, -0.05) is 0 Å². The normalized spacial score (nSPS) is 10.6. The van der Waals surface area contributed by atoms with Gasteiger partial charge in [0.15, 0.2) is 0 Å². The van der Waals surface area contributed by atoms with Crippen LogP contribution in [-0.2, 0) is 6.54 Å². The van der Waals surface area contributed by atoms with Crippen molar-refractivity contribution in [1.82, 2.24) is 20.3 Å². The number of aromatic hydroxyl groups is 2. The Morgan fingerprint density at radius 1 is 1.00 bits per heavy atom. The highest BCUT2D eigenvalue weighted by atomic mass is 16.3. The van der Waals surface area contributed by atoms with Crippen LogP contribution in [0.15, 0.2) is 67.0 Å². The van der Waals surface area contributed by atoms with E-state index in [0.29, 0.717) is 17.0 Å². The fourth-order valence-corrected chi connectivity index (χ4v) is 3.36. The van der Waals surface area contributed by atoms with Gasteiger partial charge in [0.25, 0.3) is 5.91 Å². The number of anilines is 3. The lowest BCUT2D eigenvalue weighted by Gasteiger charge is -2.21. The van der Waals surface area contributed by atoms with E-state index >= 15 is 0 Å². The number of hydrogen-bond acceptors (Lipinski definition) is 8. The summed E-state index contributed by atoms with van der Waals surface area (Å²) in [6.45, 7) is 2.04. The van der Waals surface area contributed by atoms with Crippen molar-refractivity contribution >= 4 is 23.1 Å². The van der Waals surface area contributed by atoms with Crippen LogP contribution in [0.2, 0.25) is 0 Å². The van der Waals surface area contributed by atoms with E-state index in [1.54, 1.807) is 67.0 Å². The van der Waals surface area contributed by atoms with Crippen LogP contribution < -0.4 is 16.0 Å². The van der Waals surface area contributed by atoms with E-state index in [1.807, 2.05) is 18.9 Å². The number of aromatic nitrogens is 3. The fraction of sp³-hybridized carbons (Fsp3) is 0.120. The molecule has 0 spiro atoms. The summed E-state index contributed by atoms with van der Waals surface area (Å²) in [5, 5.41) is 22.7. The second-order valence-corrected chi connectivity index (χ2v) is 7.74. The zero-order chi connectivity index (χ0) is 24.2. The van der Waals surface area contributed by atoms with Crippen molar-refractivity contribution in [3.8, 4) is 22.8 Å². The predicted octanol–water partition coefficient (Wildman–Crippen LogP) is 3.54. The van der Waals surface area contributed by atoms with Crippen LogP contribution >= 0.6 is 0 Å². The summed E-state index contributed by atoms with van der Waals surface area (Å²) in [6.07, 6.45) is 3.23. The van der Waals surface area contributed by atoms with Crippen LogP contribution in [0.4, 0.5) is 17.2 Å². The van der Waals surface area contributed by atoms with E-state index in [-0.39, 0.29) is 35.3 Å². The van der Waals surface area contributed by atoms with Crippen LogP contribution in [0.1, 0.15) is 21.7 Å². The van der Waals surface area contributed by atoms with Gasteiger partial charge < -0.3 is 26.2 Å². The SMILES string of the molecule is Cc1cnc(CNC(=O)c2ccc(-c3cc(N(C)c4ccc(O)cc4)ccc3O)nc2N)cn1. The third-order valence-corrected chi connectivity index (χ3v) is 5.31. The molecule has 34 heavy (non-hydrogen) atoms. The minimum atomic E-state index is -0.385. The number of rotatable bonds is 6. The fourth-order valence-electron chi connectivity index (χ4n) is 3.36. The first-order chi connectivity index (χ1) is 16.3. The molecule has 0 aliphatic heterocycles. The maximum Gasteiger partial charge on any atom is 0.255 e. The van der Waals surface area contributed by atoms with E-state index in [9.17, 15) is 15.0 Å². The van der Waals surface area contributed by atoms with Gasteiger partial charge in [-0.25, -0.2) is 4.98 Å². The van der Waals surface area contributed by atoms with Gasteiger partial charge in [-0.3, -0.25) is 14.8 Å². The van der Waals surface area contributed by atoms with Crippen molar-refractivity contribution in [1.29, 1.82) is 0 Å². The standard InChI is InChI=1S/C25H24N6O3/c1-15-12-28-16(13-27-15)14-29-25(34)20-8-9-22(30-24(20)26)21-11-18(5-10-23(21)33)31(2)17-3-6-19(32)7-4-17/h3-13,32-33H,14H2,1-2H3,(H2,26,30)(H,29,34). The average molecular weight is 457 g/mol.